The molecule has 0 heterocycles. The van der Waals surface area contributed by atoms with Crippen molar-refractivity contribution in [3.05, 3.63) is 59.9 Å². The van der Waals surface area contributed by atoms with Crippen LogP contribution in [0.3, 0.4) is 0 Å². The Bertz CT molecular complexity index is 687. The average molecular weight is 317 g/mol. The molecule has 0 saturated carbocycles. The van der Waals surface area contributed by atoms with Crippen molar-refractivity contribution in [1.29, 1.82) is 0 Å². The molecule has 0 bridgehead atoms. The Balaban J connectivity index is 1.91. The molecule has 120 valence electrons. The number of carbonyl (C=O) groups excluding carboxylic acids is 1. The normalized spacial score (nSPS) is 11.6. The molecule has 1 atom stereocenters. The van der Waals surface area contributed by atoms with Crippen LogP contribution in [-0.4, -0.2) is 23.1 Å². The minimum Gasteiger partial charge on any atom is -0.480 e. The van der Waals surface area contributed by atoms with Crippen LogP contribution in [-0.2, 0) is 11.2 Å². The third kappa shape index (κ3) is 5.08. The molecule has 0 aliphatic carbocycles. The van der Waals surface area contributed by atoms with Gasteiger partial charge in [-0.3, -0.25) is 4.79 Å². The summed E-state index contributed by atoms with van der Waals surface area (Å²) < 4.78 is 12.8. The van der Waals surface area contributed by atoms with Crippen LogP contribution in [0.4, 0.5) is 20.6 Å². The number of amides is 2. The van der Waals surface area contributed by atoms with Crippen LogP contribution in [0.1, 0.15) is 5.56 Å². The summed E-state index contributed by atoms with van der Waals surface area (Å²) in [5, 5.41) is 13.9. The van der Waals surface area contributed by atoms with E-state index in [0.29, 0.717) is 11.4 Å². The summed E-state index contributed by atoms with van der Waals surface area (Å²) in [6.45, 7) is 0. The summed E-state index contributed by atoms with van der Waals surface area (Å²) in [6.07, 6.45) is 0.206. The Hall–Kier alpha value is -2.93. The smallest absolute Gasteiger partial charge is 0.323 e. The number of nitrogens with two attached hydrogens (primary N) is 1. The molecule has 2 amide bonds. The molecule has 5 N–H and O–H groups in total. The van der Waals surface area contributed by atoms with Crippen molar-refractivity contribution in [3.8, 4) is 0 Å². The monoisotopic (exact) mass is 317 g/mol. The van der Waals surface area contributed by atoms with Crippen LogP contribution >= 0.6 is 0 Å². The minimum absolute atomic E-state index is 0.206. The fourth-order valence-electron chi connectivity index (χ4n) is 1.89. The Morgan fingerprint density at radius 1 is 1.00 bits per heavy atom. The van der Waals surface area contributed by atoms with E-state index in [-0.39, 0.29) is 12.2 Å². The lowest BCUT2D eigenvalue weighted by molar-refractivity contribution is -0.138. The number of urea groups is 1. The molecule has 7 heteroatoms. The molecule has 23 heavy (non-hydrogen) atoms. The van der Waals surface area contributed by atoms with E-state index < -0.39 is 18.0 Å². The fourth-order valence-corrected chi connectivity index (χ4v) is 1.89. The van der Waals surface area contributed by atoms with Gasteiger partial charge in [-0.05, 0) is 48.4 Å². The highest BCUT2D eigenvalue weighted by atomic mass is 19.1. The maximum atomic E-state index is 12.8. The Morgan fingerprint density at radius 2 is 1.48 bits per heavy atom. The standard InChI is InChI=1S/C16H16FN3O3/c17-11-3-7-13(8-4-11)20-16(23)19-12-5-1-10(2-6-12)9-14(18)15(21)22/h1-8,14H,9,18H2,(H,21,22)(H2,19,20,23)/t14-/m1/s1. The van der Waals surface area contributed by atoms with E-state index in [4.69, 9.17) is 10.8 Å². The van der Waals surface area contributed by atoms with Crippen LogP contribution in [0.2, 0.25) is 0 Å². The zero-order valence-electron chi connectivity index (χ0n) is 12.1. The molecule has 0 aliphatic heterocycles. The number of rotatable bonds is 5. The molecule has 0 radical (unpaired) electrons. The number of nitrogens with one attached hydrogen (secondary N) is 2. The largest absolute Gasteiger partial charge is 0.480 e. The Kier molecular flexibility index (Phi) is 5.27. The number of benzene rings is 2. The first-order valence-electron chi connectivity index (χ1n) is 6.85. The highest BCUT2D eigenvalue weighted by Crippen LogP contribution is 2.13. The van der Waals surface area contributed by atoms with Gasteiger partial charge in [0, 0.05) is 11.4 Å². The second kappa shape index (κ2) is 7.37. The van der Waals surface area contributed by atoms with E-state index in [0.717, 1.165) is 5.56 Å². The number of hydrogen-bond donors (Lipinski definition) is 4. The van der Waals surface area contributed by atoms with Crippen LogP contribution in [0.5, 0.6) is 0 Å². The van der Waals surface area contributed by atoms with E-state index in [9.17, 15) is 14.0 Å². The zero-order valence-corrected chi connectivity index (χ0v) is 12.1. The molecule has 0 saturated heterocycles. The molecule has 0 fully saturated rings. The van der Waals surface area contributed by atoms with Gasteiger partial charge in [0.05, 0.1) is 0 Å². The van der Waals surface area contributed by atoms with Crippen molar-refractivity contribution in [3.63, 3.8) is 0 Å². The topological polar surface area (TPSA) is 104 Å². The highest BCUT2D eigenvalue weighted by Gasteiger charge is 2.12. The van der Waals surface area contributed by atoms with Crippen molar-refractivity contribution in [2.75, 3.05) is 10.6 Å². The summed E-state index contributed by atoms with van der Waals surface area (Å²) >= 11 is 0. The van der Waals surface area contributed by atoms with Crippen LogP contribution in [0.25, 0.3) is 0 Å². The fraction of sp³-hybridized carbons (Fsp3) is 0.125. The van der Waals surface area contributed by atoms with Gasteiger partial charge >= 0.3 is 12.0 Å². The quantitative estimate of drug-likeness (QED) is 0.679. The molecule has 2 aromatic carbocycles. The molecule has 0 spiro atoms. The van der Waals surface area contributed by atoms with Crippen molar-refractivity contribution < 1.29 is 19.1 Å². The number of carbonyl (C=O) groups is 2. The maximum Gasteiger partial charge on any atom is 0.323 e. The van der Waals surface area contributed by atoms with Gasteiger partial charge in [-0.25, -0.2) is 9.18 Å². The molecule has 2 aromatic rings. The SMILES string of the molecule is N[C@H](Cc1ccc(NC(=O)Nc2ccc(F)cc2)cc1)C(=O)O. The summed E-state index contributed by atoms with van der Waals surface area (Å²) in [5.41, 5.74) is 7.22. The predicted octanol–water partition coefficient (Wildman–Crippen LogP) is 2.42. The molecular formula is C16H16FN3O3. The van der Waals surface area contributed by atoms with Gasteiger partial charge in [0.15, 0.2) is 0 Å². The number of anilines is 2. The van der Waals surface area contributed by atoms with Gasteiger partial charge in [0.1, 0.15) is 11.9 Å². The Morgan fingerprint density at radius 3 is 1.96 bits per heavy atom. The van der Waals surface area contributed by atoms with Crippen molar-refractivity contribution in [1.82, 2.24) is 0 Å². The number of carboxylic acids is 1. The van der Waals surface area contributed by atoms with Gasteiger partial charge in [0.2, 0.25) is 0 Å². The predicted molar refractivity (Wildman–Crippen MR) is 84.8 cm³/mol. The van der Waals surface area contributed by atoms with Gasteiger partial charge in [-0.2, -0.15) is 0 Å². The first-order valence-corrected chi connectivity index (χ1v) is 6.85. The first kappa shape index (κ1) is 16.4. The van der Waals surface area contributed by atoms with E-state index in [1.54, 1.807) is 24.3 Å². The van der Waals surface area contributed by atoms with Gasteiger partial charge in [-0.1, -0.05) is 12.1 Å². The zero-order chi connectivity index (χ0) is 16.8. The summed E-state index contributed by atoms with van der Waals surface area (Å²) in [5.74, 6) is -1.45. The van der Waals surface area contributed by atoms with Crippen LogP contribution in [0, 0.1) is 5.82 Å². The summed E-state index contributed by atoms with van der Waals surface area (Å²) in [4.78, 5) is 22.5. The first-order chi connectivity index (χ1) is 10.9. The summed E-state index contributed by atoms with van der Waals surface area (Å²) in [7, 11) is 0. The van der Waals surface area contributed by atoms with Gasteiger partial charge in [0.25, 0.3) is 0 Å². The maximum absolute atomic E-state index is 12.8. The van der Waals surface area contributed by atoms with Gasteiger partial charge < -0.3 is 21.5 Å². The highest BCUT2D eigenvalue weighted by molar-refractivity contribution is 5.99. The van der Waals surface area contributed by atoms with Crippen molar-refractivity contribution >= 4 is 23.4 Å². The lowest BCUT2D eigenvalue weighted by Crippen LogP contribution is -2.32. The van der Waals surface area contributed by atoms with E-state index in [1.165, 1.54) is 24.3 Å². The average Bonchev–Trinajstić information content (AvgIpc) is 2.51. The third-order valence-electron chi connectivity index (χ3n) is 3.09. The van der Waals surface area contributed by atoms with E-state index in [2.05, 4.69) is 10.6 Å². The molecule has 6 nitrogen and oxygen atoms in total. The minimum atomic E-state index is -1.06. The van der Waals surface area contributed by atoms with Crippen LogP contribution in [0.15, 0.2) is 48.5 Å². The molecular weight excluding hydrogens is 301 g/mol. The second-order valence-electron chi connectivity index (χ2n) is 4.93. The molecule has 0 aromatic heterocycles. The number of aliphatic carboxylic acids is 1. The third-order valence-corrected chi connectivity index (χ3v) is 3.09. The Labute approximate surface area is 132 Å². The lowest BCUT2D eigenvalue weighted by Gasteiger charge is -2.09. The summed E-state index contributed by atoms with van der Waals surface area (Å²) in [6, 6.07) is 10.6. The molecule has 2 rings (SSSR count). The number of carboxylic acid groups (broad SMARTS) is 1. The van der Waals surface area contributed by atoms with Crippen molar-refractivity contribution in [2.24, 2.45) is 5.73 Å². The molecule has 0 aliphatic rings. The number of hydrogen-bond acceptors (Lipinski definition) is 3. The second-order valence-corrected chi connectivity index (χ2v) is 4.93. The van der Waals surface area contributed by atoms with Gasteiger partial charge in [-0.15, -0.1) is 0 Å². The van der Waals surface area contributed by atoms with E-state index in [1.807, 2.05) is 0 Å². The van der Waals surface area contributed by atoms with Crippen molar-refractivity contribution in [2.45, 2.75) is 12.5 Å². The lowest BCUT2D eigenvalue weighted by atomic mass is 10.1. The van der Waals surface area contributed by atoms with Crippen LogP contribution < -0.4 is 16.4 Å². The van der Waals surface area contributed by atoms with E-state index >= 15 is 0 Å². The molecule has 0 unspecified atom stereocenters. The number of halogens is 1.